The number of aliphatic hydroxyl groups is 1. The molecule has 0 heterocycles. The number of carbonyl (C=O) groups is 3. The number of esters is 1. The molecule has 2 atom stereocenters. The van der Waals surface area contributed by atoms with E-state index in [9.17, 15) is 19.5 Å². The number of hydrogen-bond donors (Lipinski definition) is 2. The van der Waals surface area contributed by atoms with Crippen molar-refractivity contribution >= 4 is 17.5 Å². The van der Waals surface area contributed by atoms with Gasteiger partial charge in [0.15, 0.2) is 17.7 Å². The maximum atomic E-state index is 13.1. The number of Topliss-reactive ketones (excluding diaryl/α,β-unsaturated/α-hetero) is 2. The normalized spacial score (nSPS) is 22.7. The molecule has 0 aliphatic heterocycles. The Hall–Kier alpha value is -4.13. The molecule has 0 aromatic heterocycles. The van der Waals surface area contributed by atoms with Crippen molar-refractivity contribution in [2.45, 2.75) is 107 Å². The van der Waals surface area contributed by atoms with Gasteiger partial charge in [-0.1, -0.05) is 135 Å². The Morgan fingerprint density at radius 1 is 0.725 bits per heavy atom. The van der Waals surface area contributed by atoms with Crippen LogP contribution in [0.2, 0.25) is 0 Å². The average molecular weight is 696 g/mol. The summed E-state index contributed by atoms with van der Waals surface area (Å²) in [6.07, 6.45) is 28.7. The summed E-state index contributed by atoms with van der Waals surface area (Å²) >= 11 is 0. The standard InChI is InChI=1S/C45H61NO5/c1-31(19-14-21-33(3)24-26-37-35(5)42(49)39(47)29-44(37,7)8)17-12-13-18-32(2)20-15-22-34(4)25-27-38-36(6)43(50)40(30-45(38,9)10)51-41(48)23-16-28-46-11/h12-15,17-22,24-27,39-40,46-47H,16,23,28-30H2,1-11H3/b13-12+,19-14+,20-15+,26-24+,27-25+,31-17+,32-18+,33-21+,34-22+. The first-order valence-corrected chi connectivity index (χ1v) is 18.0. The van der Waals surface area contributed by atoms with Crippen molar-refractivity contribution in [1.82, 2.24) is 5.32 Å². The van der Waals surface area contributed by atoms with Gasteiger partial charge in [-0.05, 0) is 101 Å². The minimum Gasteiger partial charge on any atom is -0.454 e. The molecule has 276 valence electrons. The van der Waals surface area contributed by atoms with Gasteiger partial charge in [-0.15, -0.1) is 0 Å². The van der Waals surface area contributed by atoms with Gasteiger partial charge in [-0.3, -0.25) is 14.4 Å². The van der Waals surface area contributed by atoms with Crippen LogP contribution in [-0.4, -0.2) is 48.4 Å². The molecule has 0 bridgehead atoms. The van der Waals surface area contributed by atoms with Crippen LogP contribution in [0.4, 0.5) is 0 Å². The SMILES string of the molecule is CNCCCC(=O)OC1CC(C)(C)C(/C=C/C(C)=C/C=C/C(C)=C/C=C/C=C(C)/C=C/C=C(C)/C=C/C2=C(C)C(=O)C(O)CC2(C)C)=C(C)C1=O. The van der Waals surface area contributed by atoms with Gasteiger partial charge in [0.25, 0.3) is 0 Å². The van der Waals surface area contributed by atoms with Gasteiger partial charge >= 0.3 is 5.97 Å². The molecule has 2 N–H and O–H groups in total. The Morgan fingerprint density at radius 3 is 1.65 bits per heavy atom. The highest BCUT2D eigenvalue weighted by Crippen LogP contribution is 2.41. The first-order valence-electron chi connectivity index (χ1n) is 18.0. The van der Waals surface area contributed by atoms with E-state index in [1.54, 1.807) is 6.92 Å². The summed E-state index contributed by atoms with van der Waals surface area (Å²) in [5, 5.41) is 13.1. The van der Waals surface area contributed by atoms with Crippen molar-refractivity contribution in [2.24, 2.45) is 10.8 Å². The third kappa shape index (κ3) is 13.8. The van der Waals surface area contributed by atoms with Crippen LogP contribution in [0, 0.1) is 10.8 Å². The van der Waals surface area contributed by atoms with Crippen LogP contribution in [0.15, 0.2) is 130 Å². The topological polar surface area (TPSA) is 92.7 Å². The van der Waals surface area contributed by atoms with Gasteiger partial charge in [-0.2, -0.15) is 0 Å². The Morgan fingerprint density at radius 2 is 1.16 bits per heavy atom. The van der Waals surface area contributed by atoms with Crippen LogP contribution in [-0.2, 0) is 19.1 Å². The maximum Gasteiger partial charge on any atom is 0.306 e. The lowest BCUT2D eigenvalue weighted by molar-refractivity contribution is -0.156. The second kappa shape index (κ2) is 20.0. The van der Waals surface area contributed by atoms with Gasteiger partial charge in [0.05, 0.1) is 0 Å². The molecule has 0 saturated heterocycles. The zero-order valence-electron chi connectivity index (χ0n) is 32.9. The molecule has 0 spiro atoms. The van der Waals surface area contributed by atoms with Gasteiger partial charge in [0.1, 0.15) is 6.10 Å². The van der Waals surface area contributed by atoms with E-state index < -0.39 is 12.2 Å². The number of ketones is 2. The molecule has 0 amide bonds. The second-order valence-electron chi connectivity index (χ2n) is 15.1. The first kappa shape index (κ1) is 43.0. The highest BCUT2D eigenvalue weighted by atomic mass is 16.5. The van der Waals surface area contributed by atoms with Gasteiger partial charge in [-0.25, -0.2) is 0 Å². The van der Waals surface area contributed by atoms with E-state index in [1.807, 2.05) is 88.6 Å². The van der Waals surface area contributed by atoms with Crippen molar-refractivity contribution in [3.05, 3.63) is 130 Å². The number of rotatable bonds is 15. The minimum absolute atomic E-state index is 0.113. The maximum absolute atomic E-state index is 13.1. The molecule has 2 aliphatic carbocycles. The summed E-state index contributed by atoms with van der Waals surface area (Å²) in [6, 6.07) is 0. The number of ether oxygens (including phenoxy) is 1. The lowest BCUT2D eigenvalue weighted by Gasteiger charge is -2.36. The number of hydrogen-bond acceptors (Lipinski definition) is 6. The number of aliphatic hydroxyl groups excluding tert-OH is 1. The summed E-state index contributed by atoms with van der Waals surface area (Å²) < 4.78 is 5.58. The zero-order chi connectivity index (χ0) is 38.4. The number of allylic oxidation sites excluding steroid dienone is 20. The fraction of sp³-hybridized carbons (Fsp3) is 0.444. The van der Waals surface area contributed by atoms with Crippen molar-refractivity contribution in [2.75, 3.05) is 13.6 Å². The van der Waals surface area contributed by atoms with Crippen molar-refractivity contribution < 1.29 is 24.2 Å². The minimum atomic E-state index is -0.913. The lowest BCUT2D eigenvalue weighted by Crippen LogP contribution is -2.39. The molecule has 0 saturated carbocycles. The molecule has 51 heavy (non-hydrogen) atoms. The molecule has 2 unspecified atom stereocenters. The molecule has 2 rings (SSSR count). The second-order valence-corrected chi connectivity index (χ2v) is 15.1. The highest BCUT2D eigenvalue weighted by Gasteiger charge is 2.40. The third-order valence-electron chi connectivity index (χ3n) is 9.37. The Kier molecular flexibility index (Phi) is 16.9. The van der Waals surface area contributed by atoms with E-state index in [4.69, 9.17) is 4.74 Å². The molecular formula is C45H61NO5. The summed E-state index contributed by atoms with van der Waals surface area (Å²) in [5.74, 6) is -0.614. The van der Waals surface area contributed by atoms with Crippen LogP contribution in [0.1, 0.15) is 94.9 Å². The van der Waals surface area contributed by atoms with Crippen LogP contribution in [0.3, 0.4) is 0 Å². The van der Waals surface area contributed by atoms with Gasteiger partial charge in [0.2, 0.25) is 0 Å². The van der Waals surface area contributed by atoms with E-state index in [2.05, 4.69) is 71.2 Å². The molecule has 6 nitrogen and oxygen atoms in total. The lowest BCUT2D eigenvalue weighted by atomic mass is 9.71. The highest BCUT2D eigenvalue weighted by molar-refractivity contribution is 6.02. The van der Waals surface area contributed by atoms with E-state index >= 15 is 0 Å². The van der Waals surface area contributed by atoms with E-state index in [1.165, 1.54) is 0 Å². The zero-order valence-corrected chi connectivity index (χ0v) is 32.9. The van der Waals surface area contributed by atoms with Gasteiger partial charge < -0.3 is 15.2 Å². The van der Waals surface area contributed by atoms with Crippen LogP contribution >= 0.6 is 0 Å². The molecule has 2 aliphatic rings. The number of carbonyl (C=O) groups excluding carboxylic acids is 3. The van der Waals surface area contributed by atoms with Crippen LogP contribution in [0.5, 0.6) is 0 Å². The van der Waals surface area contributed by atoms with E-state index in [-0.39, 0.29) is 28.4 Å². The monoisotopic (exact) mass is 695 g/mol. The Labute approximate surface area is 307 Å². The molecule has 6 heteroatoms. The van der Waals surface area contributed by atoms with Crippen molar-refractivity contribution in [3.8, 4) is 0 Å². The average Bonchev–Trinajstić information content (AvgIpc) is 3.04. The Balaban J connectivity index is 1.96. The quantitative estimate of drug-likeness (QED) is 0.101. The van der Waals surface area contributed by atoms with Crippen LogP contribution < -0.4 is 5.32 Å². The summed E-state index contributed by atoms with van der Waals surface area (Å²) in [6.45, 7) is 20.8. The van der Waals surface area contributed by atoms with E-state index in [0.717, 1.165) is 40.0 Å². The molecule has 0 radical (unpaired) electrons. The van der Waals surface area contributed by atoms with Crippen molar-refractivity contribution in [1.29, 1.82) is 0 Å². The van der Waals surface area contributed by atoms with Gasteiger partial charge in [0, 0.05) is 12.8 Å². The Bertz CT molecular complexity index is 1640. The molecule has 0 aromatic rings. The molecule has 0 fully saturated rings. The smallest absolute Gasteiger partial charge is 0.306 e. The predicted molar refractivity (Wildman–Crippen MR) is 212 cm³/mol. The number of nitrogens with one attached hydrogen (secondary N) is 1. The summed E-state index contributed by atoms with van der Waals surface area (Å²) in [5.41, 5.74) is 7.04. The summed E-state index contributed by atoms with van der Waals surface area (Å²) in [4.78, 5) is 37.6. The summed E-state index contributed by atoms with van der Waals surface area (Å²) in [7, 11) is 1.84. The predicted octanol–water partition coefficient (Wildman–Crippen LogP) is 9.46. The fourth-order valence-corrected chi connectivity index (χ4v) is 6.32. The fourth-order valence-electron chi connectivity index (χ4n) is 6.32. The first-order chi connectivity index (χ1) is 23.9. The van der Waals surface area contributed by atoms with Crippen LogP contribution in [0.25, 0.3) is 0 Å². The largest absolute Gasteiger partial charge is 0.454 e. The molecule has 0 aromatic carbocycles. The molecular weight excluding hydrogens is 634 g/mol. The van der Waals surface area contributed by atoms with E-state index in [0.29, 0.717) is 36.8 Å². The van der Waals surface area contributed by atoms with Crippen molar-refractivity contribution in [3.63, 3.8) is 0 Å². The third-order valence-corrected chi connectivity index (χ3v) is 9.37.